The zero-order chi connectivity index (χ0) is 11.8. The first-order valence-electron chi connectivity index (χ1n) is 6.72. The molecular weight excluding hydrogens is 210 g/mol. The van der Waals surface area contributed by atoms with Gasteiger partial charge in [-0.05, 0) is 24.8 Å². The smallest absolute Gasteiger partial charge is 0.0365 e. The van der Waals surface area contributed by atoms with Crippen molar-refractivity contribution >= 4 is 0 Å². The Labute approximate surface area is 104 Å². The van der Waals surface area contributed by atoms with E-state index in [1.165, 1.54) is 44.1 Å². The molecule has 1 aliphatic rings. The second-order valence-corrected chi connectivity index (χ2v) is 4.79. The lowest BCUT2D eigenvalue weighted by molar-refractivity contribution is 0.491. The summed E-state index contributed by atoms with van der Waals surface area (Å²) in [7, 11) is 0. The number of benzene rings is 1. The van der Waals surface area contributed by atoms with E-state index in [0.717, 1.165) is 6.54 Å². The number of hydrogen-bond donors (Lipinski definition) is 3. The summed E-state index contributed by atoms with van der Waals surface area (Å²) < 4.78 is 0. The SMILES string of the molecule is c1ccc(CCCCCCC2CNNN2)cc1. The first-order chi connectivity index (χ1) is 8.45. The fraction of sp³-hybridized carbons (Fsp3) is 0.571. The van der Waals surface area contributed by atoms with Crippen LogP contribution in [0.25, 0.3) is 0 Å². The lowest BCUT2D eigenvalue weighted by atomic mass is 10.0. The van der Waals surface area contributed by atoms with Crippen LogP contribution in [-0.2, 0) is 6.42 Å². The summed E-state index contributed by atoms with van der Waals surface area (Å²) in [5.74, 6) is 0. The molecule has 0 aliphatic carbocycles. The number of unbranched alkanes of at least 4 members (excludes halogenated alkanes) is 3. The number of hydrogen-bond acceptors (Lipinski definition) is 3. The van der Waals surface area contributed by atoms with E-state index in [9.17, 15) is 0 Å². The molecule has 1 saturated heterocycles. The van der Waals surface area contributed by atoms with E-state index in [-0.39, 0.29) is 0 Å². The molecule has 2 rings (SSSR count). The fourth-order valence-electron chi connectivity index (χ4n) is 2.27. The van der Waals surface area contributed by atoms with Crippen molar-refractivity contribution in [1.29, 1.82) is 0 Å². The summed E-state index contributed by atoms with van der Waals surface area (Å²) in [4.78, 5) is 0. The van der Waals surface area contributed by atoms with Gasteiger partial charge < -0.3 is 0 Å². The highest BCUT2D eigenvalue weighted by Crippen LogP contribution is 2.10. The molecule has 3 N–H and O–H groups in total. The number of nitrogens with one attached hydrogen (secondary N) is 3. The molecule has 17 heavy (non-hydrogen) atoms. The molecule has 0 bridgehead atoms. The molecule has 3 nitrogen and oxygen atoms in total. The molecule has 1 unspecified atom stereocenters. The maximum atomic E-state index is 3.21. The second kappa shape index (κ2) is 7.43. The lowest BCUT2D eigenvalue weighted by Crippen LogP contribution is -2.33. The van der Waals surface area contributed by atoms with E-state index in [2.05, 4.69) is 46.7 Å². The standard InChI is InChI=1S/C14H23N3/c1(2-7-11-14-12-15-17-16-14)4-8-13-9-5-3-6-10-13/h3,5-6,9-10,14-17H,1-2,4,7-8,11-12H2. The van der Waals surface area contributed by atoms with Gasteiger partial charge in [0.05, 0.1) is 0 Å². The second-order valence-electron chi connectivity index (χ2n) is 4.79. The molecule has 3 heteroatoms. The van der Waals surface area contributed by atoms with Crippen molar-refractivity contribution in [2.75, 3.05) is 6.54 Å². The van der Waals surface area contributed by atoms with E-state index in [1.807, 2.05) is 0 Å². The average molecular weight is 233 g/mol. The number of rotatable bonds is 7. The molecule has 0 radical (unpaired) electrons. The molecule has 0 spiro atoms. The first kappa shape index (κ1) is 12.6. The van der Waals surface area contributed by atoms with Gasteiger partial charge in [0.25, 0.3) is 0 Å². The van der Waals surface area contributed by atoms with Gasteiger partial charge in [0.2, 0.25) is 0 Å². The molecule has 1 heterocycles. The van der Waals surface area contributed by atoms with Crippen molar-refractivity contribution in [1.82, 2.24) is 16.4 Å². The van der Waals surface area contributed by atoms with Crippen molar-refractivity contribution in [2.45, 2.75) is 44.6 Å². The normalized spacial score (nSPS) is 19.6. The molecule has 1 atom stereocenters. The van der Waals surface area contributed by atoms with Crippen LogP contribution in [0, 0.1) is 0 Å². The van der Waals surface area contributed by atoms with Crippen molar-refractivity contribution in [3.8, 4) is 0 Å². The topological polar surface area (TPSA) is 36.1 Å². The van der Waals surface area contributed by atoms with E-state index < -0.39 is 0 Å². The van der Waals surface area contributed by atoms with Crippen LogP contribution in [-0.4, -0.2) is 12.6 Å². The highest BCUT2D eigenvalue weighted by molar-refractivity contribution is 5.14. The van der Waals surface area contributed by atoms with Crippen LogP contribution in [0.3, 0.4) is 0 Å². The molecular formula is C14H23N3. The van der Waals surface area contributed by atoms with Gasteiger partial charge in [-0.2, -0.15) is 5.53 Å². The molecule has 0 aromatic heterocycles. The van der Waals surface area contributed by atoms with Crippen LogP contribution in [0.5, 0.6) is 0 Å². The van der Waals surface area contributed by atoms with Gasteiger partial charge >= 0.3 is 0 Å². The summed E-state index contributed by atoms with van der Waals surface area (Å²) in [6.45, 7) is 1.05. The molecule has 94 valence electrons. The van der Waals surface area contributed by atoms with Crippen molar-refractivity contribution in [3.05, 3.63) is 35.9 Å². The van der Waals surface area contributed by atoms with E-state index in [0.29, 0.717) is 6.04 Å². The highest BCUT2D eigenvalue weighted by atomic mass is 15.6. The zero-order valence-corrected chi connectivity index (χ0v) is 10.4. The number of hydrazine groups is 2. The van der Waals surface area contributed by atoms with Crippen LogP contribution in [0.15, 0.2) is 30.3 Å². The summed E-state index contributed by atoms with van der Waals surface area (Å²) >= 11 is 0. The molecule has 1 fully saturated rings. The Kier molecular flexibility index (Phi) is 5.49. The maximum absolute atomic E-state index is 3.21. The van der Waals surface area contributed by atoms with E-state index in [1.54, 1.807) is 0 Å². The van der Waals surface area contributed by atoms with Gasteiger partial charge in [-0.3, -0.25) is 0 Å². The Balaban J connectivity index is 1.46. The largest absolute Gasteiger partial charge is 0.243 e. The Hall–Kier alpha value is -0.900. The minimum absolute atomic E-state index is 0.615. The quantitative estimate of drug-likeness (QED) is 0.632. The Bertz CT molecular complexity index is 294. The summed E-state index contributed by atoms with van der Waals surface area (Å²) in [6, 6.07) is 11.4. The minimum atomic E-state index is 0.615. The Morgan fingerprint density at radius 3 is 2.59 bits per heavy atom. The van der Waals surface area contributed by atoms with Gasteiger partial charge in [0.1, 0.15) is 0 Å². The van der Waals surface area contributed by atoms with Crippen LogP contribution in [0.2, 0.25) is 0 Å². The Morgan fingerprint density at radius 1 is 1.00 bits per heavy atom. The predicted octanol–water partition coefficient (Wildman–Crippen LogP) is 2.16. The van der Waals surface area contributed by atoms with Gasteiger partial charge in [0.15, 0.2) is 0 Å². The summed E-state index contributed by atoms with van der Waals surface area (Å²) in [5.41, 5.74) is 10.7. The zero-order valence-electron chi connectivity index (χ0n) is 10.4. The monoisotopic (exact) mass is 233 g/mol. The van der Waals surface area contributed by atoms with Crippen molar-refractivity contribution < 1.29 is 0 Å². The molecule has 0 amide bonds. The summed E-state index contributed by atoms with van der Waals surface area (Å²) in [6.07, 6.45) is 7.85. The van der Waals surface area contributed by atoms with Gasteiger partial charge in [-0.25, -0.2) is 10.9 Å². The van der Waals surface area contributed by atoms with Crippen LogP contribution < -0.4 is 16.4 Å². The molecule has 1 aromatic rings. The van der Waals surface area contributed by atoms with Crippen LogP contribution in [0.4, 0.5) is 0 Å². The highest BCUT2D eigenvalue weighted by Gasteiger charge is 2.11. The van der Waals surface area contributed by atoms with Crippen molar-refractivity contribution in [2.24, 2.45) is 0 Å². The minimum Gasteiger partial charge on any atom is -0.243 e. The Morgan fingerprint density at radius 2 is 1.82 bits per heavy atom. The molecule has 1 aliphatic heterocycles. The fourth-order valence-corrected chi connectivity index (χ4v) is 2.27. The van der Waals surface area contributed by atoms with Crippen LogP contribution >= 0.6 is 0 Å². The molecule has 0 saturated carbocycles. The predicted molar refractivity (Wildman–Crippen MR) is 71.3 cm³/mol. The van der Waals surface area contributed by atoms with Crippen LogP contribution in [0.1, 0.15) is 37.7 Å². The number of aryl methyl sites for hydroxylation is 1. The lowest BCUT2D eigenvalue weighted by Gasteiger charge is -2.07. The van der Waals surface area contributed by atoms with Crippen molar-refractivity contribution in [3.63, 3.8) is 0 Å². The first-order valence-corrected chi connectivity index (χ1v) is 6.72. The third kappa shape index (κ3) is 4.86. The van der Waals surface area contributed by atoms with E-state index >= 15 is 0 Å². The molecule has 1 aromatic carbocycles. The van der Waals surface area contributed by atoms with Gasteiger partial charge in [-0.1, -0.05) is 49.6 Å². The third-order valence-corrected chi connectivity index (χ3v) is 3.32. The summed E-state index contributed by atoms with van der Waals surface area (Å²) in [5, 5.41) is 0. The van der Waals surface area contributed by atoms with Gasteiger partial charge in [-0.15, -0.1) is 0 Å². The third-order valence-electron chi connectivity index (χ3n) is 3.32. The maximum Gasteiger partial charge on any atom is 0.0365 e. The van der Waals surface area contributed by atoms with Gasteiger partial charge in [0, 0.05) is 12.6 Å². The average Bonchev–Trinajstić information content (AvgIpc) is 2.88. The van der Waals surface area contributed by atoms with E-state index in [4.69, 9.17) is 0 Å².